The van der Waals surface area contributed by atoms with Crippen molar-refractivity contribution >= 4 is 46.9 Å². The Kier molecular flexibility index (Phi) is 6.51. The molecule has 0 radical (unpaired) electrons. The zero-order valence-electron chi connectivity index (χ0n) is 18.1. The number of non-ortho nitro benzene ring substituents is 1. The highest BCUT2D eigenvalue weighted by Crippen LogP contribution is 2.33. The van der Waals surface area contributed by atoms with Crippen molar-refractivity contribution in [3.8, 4) is 17.1 Å². The molecule has 2 aromatic carbocycles. The van der Waals surface area contributed by atoms with Gasteiger partial charge in [-0.05, 0) is 30.3 Å². The molecule has 1 saturated heterocycles. The number of ether oxygens (including phenoxy) is 1. The Morgan fingerprint density at radius 2 is 2.00 bits per heavy atom. The molecule has 0 saturated carbocycles. The smallest absolute Gasteiger partial charge is 0.329 e. The number of nitro groups is 1. The van der Waals surface area contributed by atoms with E-state index in [1.54, 1.807) is 24.3 Å². The number of nitro benzene ring substituents is 1. The topological polar surface area (TPSA) is 144 Å². The highest BCUT2D eigenvalue weighted by Gasteiger charge is 2.35. The molecule has 0 bridgehead atoms. The molecule has 4 rings (SSSR count). The Bertz CT molecular complexity index is 1380. The number of carbonyl (C=O) groups is 3. The van der Waals surface area contributed by atoms with Crippen molar-refractivity contribution in [2.45, 2.75) is 0 Å². The van der Waals surface area contributed by atoms with Gasteiger partial charge in [0.2, 0.25) is 5.91 Å². The van der Waals surface area contributed by atoms with E-state index in [1.165, 1.54) is 43.5 Å². The number of furan rings is 1. The van der Waals surface area contributed by atoms with E-state index >= 15 is 0 Å². The van der Waals surface area contributed by atoms with Gasteiger partial charge in [-0.2, -0.15) is 0 Å². The monoisotopic (exact) mass is 496 g/mol. The molecular weight excluding hydrogens is 480 g/mol. The van der Waals surface area contributed by atoms with Crippen LogP contribution < -0.4 is 15.4 Å². The molecule has 0 atom stereocenters. The Labute approximate surface area is 203 Å². The fourth-order valence-corrected chi connectivity index (χ4v) is 3.54. The number of imide groups is 1. The minimum absolute atomic E-state index is 0.105. The van der Waals surface area contributed by atoms with Crippen molar-refractivity contribution < 1.29 is 28.5 Å². The van der Waals surface area contributed by atoms with Gasteiger partial charge in [-0.1, -0.05) is 23.7 Å². The van der Waals surface area contributed by atoms with Gasteiger partial charge in [-0.15, -0.1) is 0 Å². The molecule has 1 aromatic heterocycles. The Morgan fingerprint density at radius 3 is 2.74 bits per heavy atom. The summed E-state index contributed by atoms with van der Waals surface area (Å²) < 4.78 is 10.8. The predicted molar refractivity (Wildman–Crippen MR) is 126 cm³/mol. The Morgan fingerprint density at radius 1 is 1.23 bits per heavy atom. The lowest BCUT2D eigenvalue weighted by atomic mass is 10.1. The molecule has 1 aliphatic rings. The quantitative estimate of drug-likeness (QED) is 0.217. The van der Waals surface area contributed by atoms with Gasteiger partial charge in [-0.3, -0.25) is 19.7 Å². The standard InChI is InChI=1S/C23H17ClN4O7/c1-34-20-5-3-2-4-17(20)25-21(29)12-27-22(30)18(26-23(27)31)11-14-7-9-19(35-14)15-10-13(28(32)33)6-8-16(15)24/h2-11H,12H2,1H3,(H,25,29)(H,26,31)/b18-11+. The summed E-state index contributed by atoms with van der Waals surface area (Å²) in [5.74, 6) is -0.477. The van der Waals surface area contributed by atoms with Crippen LogP contribution in [0.2, 0.25) is 5.02 Å². The van der Waals surface area contributed by atoms with E-state index in [0.717, 1.165) is 4.90 Å². The first-order valence-electron chi connectivity index (χ1n) is 10.1. The molecule has 0 aliphatic carbocycles. The molecule has 12 heteroatoms. The van der Waals surface area contributed by atoms with Crippen LogP contribution in [0.1, 0.15) is 5.76 Å². The second-order valence-electron chi connectivity index (χ2n) is 7.25. The van der Waals surface area contributed by atoms with Crippen molar-refractivity contribution in [3.05, 3.63) is 81.2 Å². The highest BCUT2D eigenvalue weighted by atomic mass is 35.5. The molecule has 1 aliphatic heterocycles. The van der Waals surface area contributed by atoms with Crippen molar-refractivity contribution in [3.63, 3.8) is 0 Å². The fourth-order valence-electron chi connectivity index (χ4n) is 3.33. The number of para-hydroxylation sites is 2. The maximum Gasteiger partial charge on any atom is 0.329 e. The Balaban J connectivity index is 1.49. The summed E-state index contributed by atoms with van der Waals surface area (Å²) in [6.07, 6.45) is 1.28. The molecule has 178 valence electrons. The van der Waals surface area contributed by atoms with Crippen LogP contribution in [0.15, 0.2) is 64.7 Å². The van der Waals surface area contributed by atoms with Crippen molar-refractivity contribution in [1.29, 1.82) is 0 Å². The number of anilines is 1. The third kappa shape index (κ3) is 4.99. The summed E-state index contributed by atoms with van der Waals surface area (Å²) in [5.41, 5.74) is 0.416. The van der Waals surface area contributed by atoms with Gasteiger partial charge in [0.1, 0.15) is 29.5 Å². The van der Waals surface area contributed by atoms with Crippen LogP contribution in [0.5, 0.6) is 5.75 Å². The van der Waals surface area contributed by atoms with Crippen molar-refractivity contribution in [2.75, 3.05) is 19.0 Å². The largest absolute Gasteiger partial charge is 0.495 e. The number of halogens is 1. The minimum Gasteiger partial charge on any atom is -0.495 e. The first-order valence-corrected chi connectivity index (χ1v) is 10.5. The van der Waals surface area contributed by atoms with Crippen LogP contribution >= 0.6 is 11.6 Å². The zero-order valence-corrected chi connectivity index (χ0v) is 18.9. The van der Waals surface area contributed by atoms with Gasteiger partial charge in [-0.25, -0.2) is 9.69 Å². The number of carbonyl (C=O) groups excluding carboxylic acids is 3. The zero-order chi connectivity index (χ0) is 25.1. The third-order valence-electron chi connectivity index (χ3n) is 4.98. The minimum atomic E-state index is -0.773. The third-order valence-corrected chi connectivity index (χ3v) is 5.31. The first kappa shape index (κ1) is 23.5. The van der Waals surface area contributed by atoms with Gasteiger partial charge in [0, 0.05) is 23.8 Å². The molecular formula is C23H17ClN4O7. The average molecular weight is 497 g/mol. The first-order chi connectivity index (χ1) is 16.8. The van der Waals surface area contributed by atoms with E-state index in [2.05, 4.69) is 10.6 Å². The maximum absolute atomic E-state index is 12.7. The number of benzene rings is 2. The van der Waals surface area contributed by atoms with E-state index in [-0.39, 0.29) is 27.9 Å². The van der Waals surface area contributed by atoms with Crippen molar-refractivity contribution in [2.24, 2.45) is 0 Å². The molecule has 11 nitrogen and oxygen atoms in total. The number of urea groups is 1. The lowest BCUT2D eigenvalue weighted by Crippen LogP contribution is -2.38. The summed E-state index contributed by atoms with van der Waals surface area (Å²) in [7, 11) is 1.45. The van der Waals surface area contributed by atoms with E-state index < -0.39 is 29.3 Å². The number of hydrogen-bond donors (Lipinski definition) is 2. The van der Waals surface area contributed by atoms with Crippen LogP contribution in [-0.2, 0) is 9.59 Å². The number of rotatable bonds is 7. The molecule has 0 spiro atoms. The number of hydrogen-bond acceptors (Lipinski definition) is 7. The summed E-state index contributed by atoms with van der Waals surface area (Å²) in [5, 5.41) is 16.3. The second kappa shape index (κ2) is 9.69. The average Bonchev–Trinajstić information content (AvgIpc) is 3.39. The lowest BCUT2D eigenvalue weighted by molar-refractivity contribution is -0.384. The van der Waals surface area contributed by atoms with E-state index in [9.17, 15) is 24.5 Å². The SMILES string of the molecule is COc1ccccc1NC(=O)CN1C(=O)N/C(=C/c2ccc(-c3cc([N+](=O)[O-])ccc3Cl)o2)C1=O. The van der Waals surface area contributed by atoms with Crippen LogP contribution in [0.4, 0.5) is 16.2 Å². The summed E-state index contributed by atoms with van der Waals surface area (Å²) in [4.78, 5) is 48.7. The van der Waals surface area contributed by atoms with E-state index in [4.69, 9.17) is 20.8 Å². The van der Waals surface area contributed by atoms with Crippen LogP contribution in [0.3, 0.4) is 0 Å². The lowest BCUT2D eigenvalue weighted by Gasteiger charge is -2.13. The van der Waals surface area contributed by atoms with Crippen LogP contribution in [-0.4, -0.2) is 41.3 Å². The molecule has 4 amide bonds. The Hall–Kier alpha value is -4.64. The number of methoxy groups -OCH3 is 1. The molecule has 1 fully saturated rings. The number of amides is 4. The van der Waals surface area contributed by atoms with E-state index in [1.807, 2.05) is 0 Å². The van der Waals surface area contributed by atoms with Gasteiger partial charge in [0.25, 0.3) is 11.6 Å². The normalized spacial score (nSPS) is 14.2. The number of nitrogens with zero attached hydrogens (tertiary/aromatic N) is 2. The maximum atomic E-state index is 12.7. The highest BCUT2D eigenvalue weighted by molar-refractivity contribution is 6.33. The van der Waals surface area contributed by atoms with Gasteiger partial charge >= 0.3 is 6.03 Å². The molecule has 35 heavy (non-hydrogen) atoms. The molecule has 3 aromatic rings. The summed E-state index contributed by atoms with van der Waals surface area (Å²) in [6, 6.07) is 12.9. The predicted octanol–water partition coefficient (Wildman–Crippen LogP) is 4.05. The second-order valence-corrected chi connectivity index (χ2v) is 7.66. The van der Waals surface area contributed by atoms with Crippen LogP contribution in [0.25, 0.3) is 17.4 Å². The summed E-state index contributed by atoms with van der Waals surface area (Å²) >= 11 is 6.14. The van der Waals surface area contributed by atoms with Gasteiger partial charge < -0.3 is 19.8 Å². The molecule has 2 heterocycles. The summed E-state index contributed by atoms with van der Waals surface area (Å²) in [6.45, 7) is -0.521. The number of nitrogens with one attached hydrogen (secondary N) is 2. The molecule has 0 unspecified atom stereocenters. The fraction of sp³-hybridized carbons (Fsp3) is 0.0870. The van der Waals surface area contributed by atoms with Crippen LogP contribution in [0, 0.1) is 10.1 Å². The molecule has 2 N–H and O–H groups in total. The van der Waals surface area contributed by atoms with Gasteiger partial charge in [0.15, 0.2) is 0 Å². The van der Waals surface area contributed by atoms with Crippen molar-refractivity contribution in [1.82, 2.24) is 10.2 Å². The van der Waals surface area contributed by atoms with E-state index in [0.29, 0.717) is 17.0 Å². The van der Waals surface area contributed by atoms with Gasteiger partial charge in [0.05, 0.1) is 22.7 Å².